The highest BCUT2D eigenvalue weighted by atomic mass is 127. The lowest BCUT2D eigenvalue weighted by molar-refractivity contribution is 0.817. The minimum Gasteiger partial charge on any atom is -0.286 e. The van der Waals surface area contributed by atoms with E-state index in [4.69, 9.17) is 11.6 Å². The van der Waals surface area contributed by atoms with Crippen molar-refractivity contribution in [3.63, 3.8) is 0 Å². The molecule has 0 aliphatic carbocycles. The van der Waals surface area contributed by atoms with Gasteiger partial charge in [0.05, 0.1) is 3.57 Å². The third-order valence-corrected chi connectivity index (χ3v) is 2.16. The average Bonchev–Trinajstić information content (AvgIpc) is 1.93. The second kappa shape index (κ2) is 2.87. The fourth-order valence-corrected chi connectivity index (χ4v) is 1.12. The van der Waals surface area contributed by atoms with E-state index >= 15 is 0 Å². The maximum Gasteiger partial charge on any atom is 0.267 e. The normalized spacial score (nSPS) is 9.90. The number of nitrogens with zero attached hydrogens (tertiary/aromatic N) is 2. The number of hydrogen-bond acceptors (Lipinski definition) is 2. The van der Waals surface area contributed by atoms with Gasteiger partial charge in [0.2, 0.25) is 5.28 Å². The summed E-state index contributed by atoms with van der Waals surface area (Å²) in [5, 5.41) is 0.213. The van der Waals surface area contributed by atoms with Crippen LogP contribution in [0.4, 0.5) is 0 Å². The van der Waals surface area contributed by atoms with Crippen LogP contribution < -0.4 is 5.56 Å². The van der Waals surface area contributed by atoms with Gasteiger partial charge in [-0.2, -0.15) is 0 Å². The van der Waals surface area contributed by atoms with Crippen molar-refractivity contribution in [1.29, 1.82) is 0 Å². The van der Waals surface area contributed by atoms with Crippen molar-refractivity contribution in [1.82, 2.24) is 9.55 Å². The van der Waals surface area contributed by atoms with Crippen LogP contribution in [0.2, 0.25) is 5.28 Å². The Kier molecular flexibility index (Phi) is 2.30. The largest absolute Gasteiger partial charge is 0.286 e. The summed E-state index contributed by atoms with van der Waals surface area (Å²) in [6, 6.07) is 0. The third-order valence-electron chi connectivity index (χ3n) is 1.07. The summed E-state index contributed by atoms with van der Waals surface area (Å²) in [7, 11) is 1.58. The Labute approximate surface area is 76.2 Å². The van der Waals surface area contributed by atoms with Crippen molar-refractivity contribution in [3.05, 3.63) is 25.4 Å². The Balaban J connectivity index is 3.50. The van der Waals surface area contributed by atoms with E-state index in [1.165, 1.54) is 10.8 Å². The van der Waals surface area contributed by atoms with E-state index < -0.39 is 0 Å². The number of aromatic nitrogens is 2. The minimum atomic E-state index is -0.111. The van der Waals surface area contributed by atoms with Gasteiger partial charge in [-0.1, -0.05) is 0 Å². The van der Waals surface area contributed by atoms with Crippen molar-refractivity contribution in [3.8, 4) is 0 Å². The second-order valence-electron chi connectivity index (χ2n) is 1.74. The Morgan fingerprint density at radius 3 is 2.90 bits per heavy atom. The third kappa shape index (κ3) is 1.32. The molecule has 0 radical (unpaired) electrons. The molecule has 0 amide bonds. The van der Waals surface area contributed by atoms with Crippen LogP contribution in [0, 0.1) is 3.57 Å². The Morgan fingerprint density at radius 2 is 2.40 bits per heavy atom. The standard InChI is InChI=1S/C5H4ClIN2O/c1-9-4(10)3(7)2-8-5(9)6/h2H,1H3. The molecule has 0 saturated carbocycles. The molecule has 1 rings (SSSR count). The topological polar surface area (TPSA) is 34.9 Å². The predicted octanol–water partition coefficient (Wildman–Crippen LogP) is 1.04. The van der Waals surface area contributed by atoms with Gasteiger partial charge in [0.15, 0.2) is 0 Å². The lowest BCUT2D eigenvalue weighted by Crippen LogP contribution is -2.20. The van der Waals surface area contributed by atoms with E-state index in [1.54, 1.807) is 7.05 Å². The molecule has 0 spiro atoms. The molecular formula is C5H4ClIN2O. The van der Waals surface area contributed by atoms with E-state index in [-0.39, 0.29) is 10.8 Å². The summed E-state index contributed by atoms with van der Waals surface area (Å²) in [6.07, 6.45) is 1.45. The van der Waals surface area contributed by atoms with Crippen LogP contribution in [0.3, 0.4) is 0 Å². The van der Waals surface area contributed by atoms with E-state index in [9.17, 15) is 4.79 Å². The monoisotopic (exact) mass is 270 g/mol. The van der Waals surface area contributed by atoms with Crippen LogP contribution in [0.25, 0.3) is 0 Å². The van der Waals surface area contributed by atoms with Gasteiger partial charge in [-0.25, -0.2) is 4.98 Å². The van der Waals surface area contributed by atoms with Crippen molar-refractivity contribution in [2.45, 2.75) is 0 Å². The molecule has 0 saturated heterocycles. The van der Waals surface area contributed by atoms with Crippen LogP contribution >= 0.6 is 34.2 Å². The summed E-state index contributed by atoms with van der Waals surface area (Å²) in [5.41, 5.74) is -0.111. The molecule has 0 aliphatic rings. The van der Waals surface area contributed by atoms with Crippen LogP contribution in [0.5, 0.6) is 0 Å². The smallest absolute Gasteiger partial charge is 0.267 e. The summed E-state index contributed by atoms with van der Waals surface area (Å²) < 4.78 is 1.87. The van der Waals surface area contributed by atoms with Crippen molar-refractivity contribution in [2.75, 3.05) is 0 Å². The zero-order valence-electron chi connectivity index (χ0n) is 5.14. The average molecular weight is 270 g/mol. The van der Waals surface area contributed by atoms with Crippen molar-refractivity contribution < 1.29 is 0 Å². The van der Waals surface area contributed by atoms with Crippen LogP contribution in [-0.2, 0) is 7.05 Å². The molecule has 5 heteroatoms. The maximum absolute atomic E-state index is 11.0. The molecule has 0 aliphatic heterocycles. The van der Waals surface area contributed by atoms with Gasteiger partial charge in [-0.15, -0.1) is 0 Å². The van der Waals surface area contributed by atoms with Gasteiger partial charge in [-0.3, -0.25) is 9.36 Å². The molecule has 1 aromatic rings. The highest BCUT2D eigenvalue weighted by Gasteiger charge is 2.00. The quantitative estimate of drug-likeness (QED) is 0.521. The number of rotatable bonds is 0. The van der Waals surface area contributed by atoms with Gasteiger partial charge in [-0.05, 0) is 34.2 Å². The second-order valence-corrected chi connectivity index (χ2v) is 3.24. The fourth-order valence-electron chi connectivity index (χ4n) is 0.496. The zero-order chi connectivity index (χ0) is 7.72. The molecular weight excluding hydrogens is 266 g/mol. The molecule has 1 aromatic heterocycles. The summed E-state index contributed by atoms with van der Waals surface area (Å²) >= 11 is 7.45. The van der Waals surface area contributed by atoms with E-state index in [2.05, 4.69) is 4.98 Å². The summed E-state index contributed by atoms with van der Waals surface area (Å²) in [6.45, 7) is 0. The van der Waals surface area contributed by atoms with Gasteiger partial charge < -0.3 is 0 Å². The zero-order valence-corrected chi connectivity index (χ0v) is 8.05. The SMILES string of the molecule is Cn1c(Cl)ncc(I)c1=O. The van der Waals surface area contributed by atoms with Crippen molar-refractivity contribution in [2.24, 2.45) is 7.05 Å². The molecule has 0 unspecified atom stereocenters. The van der Waals surface area contributed by atoms with Gasteiger partial charge in [0, 0.05) is 13.2 Å². The van der Waals surface area contributed by atoms with Crippen molar-refractivity contribution >= 4 is 34.2 Å². The first kappa shape index (κ1) is 8.00. The molecule has 10 heavy (non-hydrogen) atoms. The maximum atomic E-state index is 11.0. The molecule has 3 nitrogen and oxygen atoms in total. The molecule has 0 aromatic carbocycles. The molecule has 0 atom stereocenters. The van der Waals surface area contributed by atoms with Gasteiger partial charge in [0.25, 0.3) is 5.56 Å². The molecule has 54 valence electrons. The van der Waals surface area contributed by atoms with E-state index in [1.807, 2.05) is 22.6 Å². The Hall–Kier alpha value is -0.100. The van der Waals surface area contributed by atoms with Crippen LogP contribution in [0.1, 0.15) is 0 Å². The lowest BCUT2D eigenvalue weighted by Gasteiger charge is -1.97. The van der Waals surface area contributed by atoms with Gasteiger partial charge >= 0.3 is 0 Å². The molecule has 0 fully saturated rings. The number of halogens is 2. The Bertz CT molecular complexity index is 309. The lowest BCUT2D eigenvalue weighted by atomic mass is 10.6. The van der Waals surface area contributed by atoms with Crippen LogP contribution in [0.15, 0.2) is 11.0 Å². The highest BCUT2D eigenvalue weighted by molar-refractivity contribution is 14.1. The molecule has 0 bridgehead atoms. The predicted molar refractivity (Wildman–Crippen MR) is 47.2 cm³/mol. The first-order valence-electron chi connectivity index (χ1n) is 2.50. The summed E-state index contributed by atoms with van der Waals surface area (Å²) in [5.74, 6) is 0. The molecule has 1 heterocycles. The minimum absolute atomic E-state index is 0.111. The first-order valence-corrected chi connectivity index (χ1v) is 3.95. The van der Waals surface area contributed by atoms with Gasteiger partial charge in [0.1, 0.15) is 0 Å². The fraction of sp³-hybridized carbons (Fsp3) is 0.200. The van der Waals surface area contributed by atoms with E-state index in [0.29, 0.717) is 3.57 Å². The molecule has 0 N–H and O–H groups in total. The van der Waals surface area contributed by atoms with E-state index in [0.717, 1.165) is 0 Å². The highest BCUT2D eigenvalue weighted by Crippen LogP contribution is 2.00. The Morgan fingerprint density at radius 1 is 1.80 bits per heavy atom. The first-order chi connectivity index (χ1) is 4.63. The number of hydrogen-bond donors (Lipinski definition) is 0. The van der Waals surface area contributed by atoms with Crippen LogP contribution in [-0.4, -0.2) is 9.55 Å². The summed E-state index contributed by atoms with van der Waals surface area (Å²) in [4.78, 5) is 14.8.